The number of esters is 2. The predicted molar refractivity (Wildman–Crippen MR) is 77.8 cm³/mol. The van der Waals surface area contributed by atoms with Gasteiger partial charge in [-0.1, -0.05) is 12.1 Å². The SMILES string of the molecule is COC(=O)/C(=C/OC1C=C(C)C(=O)O1)c1ccccc1[N+](=O)[O-]. The number of methoxy groups -OCH3 is 1. The Morgan fingerprint density at radius 1 is 1.39 bits per heavy atom. The van der Waals surface area contributed by atoms with E-state index >= 15 is 0 Å². The van der Waals surface area contributed by atoms with Crippen LogP contribution in [0, 0.1) is 10.1 Å². The highest BCUT2D eigenvalue weighted by Gasteiger charge is 2.26. The molecule has 0 saturated carbocycles. The Bertz CT molecular complexity index is 720. The summed E-state index contributed by atoms with van der Waals surface area (Å²) in [5.41, 5.74) is -0.0280. The van der Waals surface area contributed by atoms with Crippen LogP contribution in [0.4, 0.5) is 5.69 Å². The molecule has 0 N–H and O–H groups in total. The lowest BCUT2D eigenvalue weighted by molar-refractivity contribution is -0.385. The molecule has 0 aliphatic carbocycles. The zero-order valence-corrected chi connectivity index (χ0v) is 12.3. The number of carbonyl (C=O) groups excluding carboxylic acids is 2. The second-order valence-electron chi connectivity index (χ2n) is 4.56. The van der Waals surface area contributed by atoms with Gasteiger partial charge in [0.1, 0.15) is 11.8 Å². The summed E-state index contributed by atoms with van der Waals surface area (Å²) >= 11 is 0. The summed E-state index contributed by atoms with van der Waals surface area (Å²) in [7, 11) is 1.14. The number of hydrogen-bond donors (Lipinski definition) is 0. The number of rotatable bonds is 5. The van der Waals surface area contributed by atoms with Crippen molar-refractivity contribution < 1.29 is 28.7 Å². The van der Waals surface area contributed by atoms with E-state index < -0.39 is 23.2 Å². The van der Waals surface area contributed by atoms with Crippen molar-refractivity contribution in [1.29, 1.82) is 0 Å². The van der Waals surface area contributed by atoms with Gasteiger partial charge in [0.15, 0.2) is 0 Å². The number of carbonyl (C=O) groups is 2. The molecule has 8 nitrogen and oxygen atoms in total. The van der Waals surface area contributed by atoms with Crippen molar-refractivity contribution in [2.45, 2.75) is 13.2 Å². The highest BCUT2D eigenvalue weighted by molar-refractivity contribution is 6.17. The molecule has 0 saturated heterocycles. The van der Waals surface area contributed by atoms with E-state index in [-0.39, 0.29) is 16.8 Å². The minimum atomic E-state index is -0.995. The summed E-state index contributed by atoms with van der Waals surface area (Å²) in [6, 6.07) is 5.67. The monoisotopic (exact) mass is 319 g/mol. The van der Waals surface area contributed by atoms with Gasteiger partial charge < -0.3 is 14.2 Å². The second-order valence-corrected chi connectivity index (χ2v) is 4.56. The first kappa shape index (κ1) is 16.2. The number of nitrogens with zero attached hydrogens (tertiary/aromatic N) is 1. The van der Waals surface area contributed by atoms with Crippen molar-refractivity contribution in [1.82, 2.24) is 0 Å². The number of benzene rings is 1. The third kappa shape index (κ3) is 3.54. The first-order valence-electron chi connectivity index (χ1n) is 6.51. The fraction of sp³-hybridized carbons (Fsp3) is 0.200. The molecule has 23 heavy (non-hydrogen) atoms. The van der Waals surface area contributed by atoms with E-state index in [1.54, 1.807) is 13.0 Å². The molecular formula is C15H13NO7. The predicted octanol–water partition coefficient (Wildman–Crippen LogP) is 1.95. The van der Waals surface area contributed by atoms with Gasteiger partial charge in [0.2, 0.25) is 0 Å². The van der Waals surface area contributed by atoms with Crippen molar-refractivity contribution in [3.63, 3.8) is 0 Å². The van der Waals surface area contributed by atoms with E-state index in [1.807, 2.05) is 0 Å². The molecule has 1 aromatic carbocycles. The third-order valence-electron chi connectivity index (χ3n) is 3.05. The van der Waals surface area contributed by atoms with Crippen LogP contribution in [0.3, 0.4) is 0 Å². The standard InChI is InChI=1S/C15H13NO7/c1-9-7-13(23-14(9)17)22-8-11(15(18)21-2)10-5-3-4-6-12(10)16(19)20/h3-8,13H,1-2H3/b11-8+. The average Bonchev–Trinajstić information content (AvgIpc) is 2.85. The van der Waals surface area contributed by atoms with Crippen LogP contribution in [0.25, 0.3) is 5.57 Å². The van der Waals surface area contributed by atoms with E-state index in [0.29, 0.717) is 5.57 Å². The third-order valence-corrected chi connectivity index (χ3v) is 3.05. The van der Waals surface area contributed by atoms with Gasteiger partial charge in [-0.3, -0.25) is 10.1 Å². The normalized spacial score (nSPS) is 17.3. The zero-order chi connectivity index (χ0) is 17.0. The Labute approximate surface area is 131 Å². The first-order valence-corrected chi connectivity index (χ1v) is 6.51. The van der Waals surface area contributed by atoms with Crippen LogP contribution >= 0.6 is 0 Å². The lowest BCUT2D eigenvalue weighted by atomic mass is 10.1. The van der Waals surface area contributed by atoms with Crippen LogP contribution in [0.2, 0.25) is 0 Å². The molecule has 0 fully saturated rings. The highest BCUT2D eigenvalue weighted by atomic mass is 16.7. The lowest BCUT2D eigenvalue weighted by Gasteiger charge is -2.10. The molecule has 1 heterocycles. The van der Waals surface area contributed by atoms with Crippen LogP contribution < -0.4 is 0 Å². The largest absolute Gasteiger partial charge is 0.465 e. The summed E-state index contributed by atoms with van der Waals surface area (Å²) < 4.78 is 14.7. The maximum Gasteiger partial charge on any atom is 0.341 e. The minimum Gasteiger partial charge on any atom is -0.465 e. The fourth-order valence-corrected chi connectivity index (χ4v) is 1.90. The molecule has 1 unspecified atom stereocenters. The van der Waals surface area contributed by atoms with Crippen molar-refractivity contribution in [3.05, 3.63) is 57.9 Å². The molecule has 2 rings (SSSR count). The molecular weight excluding hydrogens is 306 g/mol. The average molecular weight is 319 g/mol. The minimum absolute atomic E-state index is 0.0365. The van der Waals surface area contributed by atoms with Crippen molar-refractivity contribution >= 4 is 23.2 Å². The Hall–Kier alpha value is -3.16. The van der Waals surface area contributed by atoms with Crippen LogP contribution in [-0.2, 0) is 23.8 Å². The molecule has 1 atom stereocenters. The number of nitro groups is 1. The molecule has 1 aliphatic rings. The maximum absolute atomic E-state index is 11.9. The van der Waals surface area contributed by atoms with Crippen molar-refractivity contribution in [2.75, 3.05) is 7.11 Å². The van der Waals surface area contributed by atoms with E-state index in [1.165, 1.54) is 24.3 Å². The van der Waals surface area contributed by atoms with Crippen LogP contribution in [0.15, 0.2) is 42.2 Å². The Morgan fingerprint density at radius 2 is 2.09 bits per heavy atom. The van der Waals surface area contributed by atoms with Crippen LogP contribution in [0.5, 0.6) is 0 Å². The lowest BCUT2D eigenvalue weighted by Crippen LogP contribution is -2.12. The molecule has 1 aliphatic heterocycles. The number of cyclic esters (lactones) is 1. The fourth-order valence-electron chi connectivity index (χ4n) is 1.90. The molecule has 0 aromatic heterocycles. The van der Waals surface area contributed by atoms with Crippen molar-refractivity contribution in [2.24, 2.45) is 0 Å². The van der Waals surface area contributed by atoms with Gasteiger partial charge >= 0.3 is 11.9 Å². The van der Waals surface area contributed by atoms with Gasteiger partial charge in [0.25, 0.3) is 12.0 Å². The number of ether oxygens (including phenoxy) is 3. The second kappa shape index (κ2) is 6.73. The van der Waals surface area contributed by atoms with Crippen LogP contribution in [-0.4, -0.2) is 30.3 Å². The summed E-state index contributed by atoms with van der Waals surface area (Å²) in [4.78, 5) is 33.6. The molecule has 120 valence electrons. The zero-order valence-electron chi connectivity index (χ0n) is 12.3. The molecule has 8 heteroatoms. The van der Waals surface area contributed by atoms with Gasteiger partial charge in [-0.2, -0.15) is 0 Å². The van der Waals surface area contributed by atoms with E-state index in [2.05, 4.69) is 4.74 Å². The summed E-state index contributed by atoms with van der Waals surface area (Å²) in [5, 5.41) is 11.1. The molecule has 0 bridgehead atoms. The topological polar surface area (TPSA) is 105 Å². The van der Waals surface area contributed by atoms with E-state index in [4.69, 9.17) is 9.47 Å². The summed E-state index contributed by atoms with van der Waals surface area (Å²) in [6.45, 7) is 1.55. The smallest absolute Gasteiger partial charge is 0.341 e. The molecule has 0 radical (unpaired) electrons. The Balaban J connectivity index is 2.35. The summed E-state index contributed by atoms with van der Waals surface area (Å²) in [5.74, 6) is -1.35. The van der Waals surface area contributed by atoms with Gasteiger partial charge in [0, 0.05) is 17.7 Å². The van der Waals surface area contributed by atoms with E-state index in [9.17, 15) is 19.7 Å². The van der Waals surface area contributed by atoms with Gasteiger partial charge in [-0.05, 0) is 13.0 Å². The summed E-state index contributed by atoms with van der Waals surface area (Å²) in [6.07, 6.45) is 1.42. The first-order chi connectivity index (χ1) is 10.9. The Kier molecular flexibility index (Phi) is 4.75. The van der Waals surface area contributed by atoms with Gasteiger partial charge in [0.05, 0.1) is 17.6 Å². The van der Waals surface area contributed by atoms with E-state index in [0.717, 1.165) is 13.4 Å². The molecule has 0 amide bonds. The maximum atomic E-state index is 11.9. The molecule has 0 spiro atoms. The quantitative estimate of drug-likeness (QED) is 0.268. The number of nitro benzene ring substituents is 1. The Morgan fingerprint density at radius 3 is 2.65 bits per heavy atom. The van der Waals surface area contributed by atoms with Crippen molar-refractivity contribution in [3.8, 4) is 0 Å². The van der Waals surface area contributed by atoms with Gasteiger partial charge in [-0.25, -0.2) is 9.59 Å². The molecule has 1 aromatic rings. The van der Waals surface area contributed by atoms with Gasteiger partial charge in [-0.15, -0.1) is 0 Å². The number of hydrogen-bond acceptors (Lipinski definition) is 7. The van der Waals surface area contributed by atoms with Crippen LogP contribution in [0.1, 0.15) is 12.5 Å². The number of para-hydroxylation sites is 1. The highest BCUT2D eigenvalue weighted by Crippen LogP contribution is 2.27.